The summed E-state index contributed by atoms with van der Waals surface area (Å²) in [6, 6.07) is 7.24. The first-order chi connectivity index (χ1) is 11.2. The highest BCUT2D eigenvalue weighted by Crippen LogP contribution is 2.36. The maximum absolute atomic E-state index is 12.2. The Morgan fingerprint density at radius 3 is 2.42 bits per heavy atom. The van der Waals surface area contributed by atoms with Crippen molar-refractivity contribution in [3.63, 3.8) is 0 Å². The lowest BCUT2D eigenvalue weighted by Gasteiger charge is -2.32. The molecule has 0 atom stereocenters. The average molecular weight is 328 g/mol. The van der Waals surface area contributed by atoms with Crippen LogP contribution in [0.4, 0.5) is 0 Å². The normalized spacial score (nSPS) is 18.6. The predicted molar refractivity (Wildman–Crippen MR) is 90.6 cm³/mol. The zero-order valence-corrected chi connectivity index (χ0v) is 14.6. The summed E-state index contributed by atoms with van der Waals surface area (Å²) >= 11 is 0. The van der Waals surface area contributed by atoms with Crippen molar-refractivity contribution in [2.24, 2.45) is 0 Å². The molecule has 0 aliphatic carbocycles. The molecule has 3 rings (SSSR count). The molecule has 0 N–H and O–H groups in total. The van der Waals surface area contributed by atoms with E-state index in [1.165, 1.54) is 7.11 Å². The predicted octanol–water partition coefficient (Wildman–Crippen LogP) is 1.96. The molecule has 0 saturated carbocycles. The van der Waals surface area contributed by atoms with Gasteiger partial charge in [0.1, 0.15) is 0 Å². The molecule has 24 heavy (non-hydrogen) atoms. The summed E-state index contributed by atoms with van der Waals surface area (Å²) in [5, 5.41) is 4.18. The fourth-order valence-electron chi connectivity index (χ4n) is 2.56. The second-order valence-corrected chi connectivity index (χ2v) is 6.81. The van der Waals surface area contributed by atoms with Gasteiger partial charge in [0.25, 0.3) is 0 Å². The minimum atomic E-state index is -0.537. The van der Waals surface area contributed by atoms with E-state index in [1.807, 2.05) is 39.8 Å². The van der Waals surface area contributed by atoms with E-state index < -0.39 is 24.3 Å². The van der Waals surface area contributed by atoms with Crippen molar-refractivity contribution >= 4 is 18.6 Å². The Morgan fingerprint density at radius 2 is 1.88 bits per heavy atom. The van der Waals surface area contributed by atoms with Crippen LogP contribution >= 0.6 is 0 Å². The van der Waals surface area contributed by atoms with Crippen LogP contribution in [0, 0.1) is 0 Å². The smallest absolute Gasteiger partial charge is 0.465 e. The van der Waals surface area contributed by atoms with Crippen LogP contribution in [0.5, 0.6) is 0 Å². The topological polar surface area (TPSA) is 62.6 Å². The third-order valence-electron chi connectivity index (χ3n) is 4.70. The van der Waals surface area contributed by atoms with E-state index in [0.717, 1.165) is 5.46 Å². The second-order valence-electron chi connectivity index (χ2n) is 6.81. The first kappa shape index (κ1) is 16.7. The molecule has 1 aromatic heterocycles. The van der Waals surface area contributed by atoms with Crippen molar-refractivity contribution in [3.8, 4) is 5.69 Å². The molecule has 126 valence electrons. The Balaban J connectivity index is 2.01. The minimum absolute atomic E-state index is 0.411. The van der Waals surface area contributed by atoms with Crippen molar-refractivity contribution in [2.75, 3.05) is 7.11 Å². The van der Waals surface area contributed by atoms with Crippen molar-refractivity contribution < 1.29 is 18.8 Å². The van der Waals surface area contributed by atoms with E-state index in [9.17, 15) is 4.79 Å². The number of nitrogens with zero attached hydrogens (tertiary/aromatic N) is 2. The number of benzene rings is 1. The van der Waals surface area contributed by atoms with Gasteiger partial charge in [0.05, 0.1) is 29.6 Å². The first-order valence-corrected chi connectivity index (χ1v) is 7.83. The van der Waals surface area contributed by atoms with Gasteiger partial charge < -0.3 is 14.0 Å². The highest BCUT2D eigenvalue weighted by Gasteiger charge is 2.51. The lowest BCUT2D eigenvalue weighted by Crippen LogP contribution is -2.41. The fourth-order valence-corrected chi connectivity index (χ4v) is 2.56. The zero-order chi connectivity index (χ0) is 17.5. The minimum Gasteiger partial charge on any atom is -0.465 e. The zero-order valence-electron chi connectivity index (χ0n) is 14.6. The summed E-state index contributed by atoms with van der Waals surface area (Å²) in [7, 11) is 0.821. The van der Waals surface area contributed by atoms with Crippen LogP contribution in [-0.2, 0) is 14.0 Å². The van der Waals surface area contributed by atoms with Crippen molar-refractivity contribution in [1.82, 2.24) is 9.78 Å². The molecule has 1 saturated heterocycles. The van der Waals surface area contributed by atoms with Crippen LogP contribution < -0.4 is 5.46 Å². The van der Waals surface area contributed by atoms with Crippen molar-refractivity contribution in [2.45, 2.75) is 38.9 Å². The van der Waals surface area contributed by atoms with E-state index in [2.05, 4.69) is 5.10 Å². The van der Waals surface area contributed by atoms with Gasteiger partial charge in [-0.15, -0.1) is 0 Å². The van der Waals surface area contributed by atoms with Gasteiger partial charge >= 0.3 is 13.1 Å². The van der Waals surface area contributed by atoms with Gasteiger partial charge in [0.2, 0.25) is 0 Å². The maximum atomic E-state index is 12.2. The Labute approximate surface area is 141 Å². The molecule has 0 radical (unpaired) electrons. The summed E-state index contributed by atoms with van der Waals surface area (Å²) in [5.74, 6) is -0.432. The number of carbonyl (C=O) groups excluding carboxylic acids is 1. The average Bonchev–Trinajstić information content (AvgIpc) is 3.13. The van der Waals surface area contributed by atoms with Crippen molar-refractivity contribution in [3.05, 3.63) is 42.2 Å². The van der Waals surface area contributed by atoms with E-state index >= 15 is 0 Å². The van der Waals surface area contributed by atoms with Gasteiger partial charge in [-0.2, -0.15) is 5.10 Å². The Bertz CT molecular complexity index is 740. The molecule has 0 spiro atoms. The number of carbonyl (C=O) groups is 1. The van der Waals surface area contributed by atoms with Gasteiger partial charge in [-0.05, 0) is 51.4 Å². The molecule has 0 bridgehead atoms. The third kappa shape index (κ3) is 2.74. The van der Waals surface area contributed by atoms with Gasteiger partial charge in [-0.25, -0.2) is 9.48 Å². The Hall–Kier alpha value is -2.12. The molecule has 1 aromatic carbocycles. The summed E-state index contributed by atoms with van der Waals surface area (Å²) < 4.78 is 18.6. The molecule has 0 unspecified atom stereocenters. The largest absolute Gasteiger partial charge is 0.494 e. The number of rotatable bonds is 3. The van der Waals surface area contributed by atoms with Crippen LogP contribution in [0.1, 0.15) is 38.1 Å². The molecular weight excluding hydrogens is 307 g/mol. The monoisotopic (exact) mass is 328 g/mol. The molecule has 1 fully saturated rings. The van der Waals surface area contributed by atoms with Gasteiger partial charge in [0, 0.05) is 12.4 Å². The highest BCUT2D eigenvalue weighted by atomic mass is 16.7. The van der Waals surface area contributed by atoms with E-state index in [-0.39, 0.29) is 0 Å². The molecular formula is C17H21BN2O4. The number of hydrogen-bond acceptors (Lipinski definition) is 5. The van der Waals surface area contributed by atoms with Crippen molar-refractivity contribution in [1.29, 1.82) is 0 Å². The molecule has 2 aromatic rings. The first-order valence-electron chi connectivity index (χ1n) is 7.83. The van der Waals surface area contributed by atoms with E-state index in [4.69, 9.17) is 14.0 Å². The van der Waals surface area contributed by atoms with Crippen LogP contribution in [0.3, 0.4) is 0 Å². The molecule has 2 heterocycles. The van der Waals surface area contributed by atoms with Gasteiger partial charge in [-0.1, -0.05) is 6.07 Å². The summed E-state index contributed by atoms with van der Waals surface area (Å²) in [4.78, 5) is 12.2. The van der Waals surface area contributed by atoms with Gasteiger partial charge in [-0.3, -0.25) is 0 Å². The maximum Gasteiger partial charge on any atom is 0.494 e. The highest BCUT2D eigenvalue weighted by molar-refractivity contribution is 6.62. The molecule has 1 aliphatic heterocycles. The molecule has 0 amide bonds. The Morgan fingerprint density at radius 1 is 1.21 bits per heavy atom. The summed E-state index contributed by atoms with van der Waals surface area (Å²) in [5.41, 5.74) is 0.943. The number of aromatic nitrogens is 2. The standard InChI is InChI=1S/C17H21BN2O4/c1-16(2)17(3,4)24-18(23-16)12-7-8-14(20-10-6-9-19-20)13(11-12)15(21)22-5/h6-11H,1-5H3. The third-order valence-corrected chi connectivity index (χ3v) is 4.70. The molecule has 1 aliphatic rings. The summed E-state index contributed by atoms with van der Waals surface area (Å²) in [6.45, 7) is 7.97. The molecule has 6 nitrogen and oxygen atoms in total. The number of esters is 1. The summed E-state index contributed by atoms with van der Waals surface area (Å²) in [6.07, 6.45) is 3.43. The number of methoxy groups -OCH3 is 1. The number of hydrogen-bond donors (Lipinski definition) is 0. The lowest BCUT2D eigenvalue weighted by atomic mass is 9.78. The fraction of sp³-hybridized carbons (Fsp3) is 0.412. The SMILES string of the molecule is COC(=O)c1cc(B2OC(C)(C)C(C)(C)O2)ccc1-n1cccn1. The second kappa shape index (κ2) is 5.75. The van der Waals surface area contributed by atoms with Crippen LogP contribution in [0.25, 0.3) is 5.69 Å². The molecule has 7 heteroatoms. The quantitative estimate of drug-likeness (QED) is 0.637. The van der Waals surface area contributed by atoms with Crippen LogP contribution in [0.15, 0.2) is 36.7 Å². The van der Waals surface area contributed by atoms with Crippen LogP contribution in [-0.4, -0.2) is 41.2 Å². The lowest BCUT2D eigenvalue weighted by molar-refractivity contribution is 0.00578. The van der Waals surface area contributed by atoms with E-state index in [0.29, 0.717) is 11.3 Å². The Kier molecular flexibility index (Phi) is 4.01. The van der Waals surface area contributed by atoms with E-state index in [1.54, 1.807) is 29.2 Å². The van der Waals surface area contributed by atoms with Gasteiger partial charge in [0.15, 0.2) is 0 Å². The van der Waals surface area contributed by atoms with Crippen LogP contribution in [0.2, 0.25) is 0 Å². The number of ether oxygens (including phenoxy) is 1.